The minimum absolute atomic E-state index is 0. The van der Waals surface area contributed by atoms with Crippen LogP contribution in [0.3, 0.4) is 0 Å². The molecule has 306 valence electrons. The number of nitrogens with zero attached hydrogens (tertiary/aromatic N) is 4. The third-order valence-electron chi connectivity index (χ3n) is 7.91. The number of carbonyl (C=O) groups is 1. The molecule has 22 nitrogen and oxygen atoms in total. The van der Waals surface area contributed by atoms with Gasteiger partial charge in [-0.25, -0.2) is 9.97 Å². The summed E-state index contributed by atoms with van der Waals surface area (Å²) >= 11 is 11.8. The first-order chi connectivity index (χ1) is 26.6. The average molecular weight is 1000 g/mol. The van der Waals surface area contributed by atoms with Crippen molar-refractivity contribution in [3.63, 3.8) is 0 Å². The Morgan fingerprint density at radius 3 is 1.68 bits per heavy atom. The van der Waals surface area contributed by atoms with Crippen LogP contribution in [0.25, 0.3) is 32.6 Å². The summed E-state index contributed by atoms with van der Waals surface area (Å²) in [6.45, 7) is 0. The fourth-order valence-electron chi connectivity index (χ4n) is 5.56. The van der Waals surface area contributed by atoms with Crippen LogP contribution in [0.5, 0.6) is 5.75 Å². The Morgan fingerprint density at radius 2 is 1.13 bits per heavy atom. The molecule has 0 fully saturated rings. The monoisotopic (exact) mass is 999 g/mol. The smallest absolute Gasteiger partial charge is 0.297 e. The summed E-state index contributed by atoms with van der Waals surface area (Å²) < 4.78 is 174. The van der Waals surface area contributed by atoms with Gasteiger partial charge in [0.05, 0.1) is 21.6 Å². The Balaban J connectivity index is 0.00000397. The summed E-state index contributed by atoms with van der Waals surface area (Å²) in [7, 11) is -27.4. The second-order valence-electron chi connectivity index (χ2n) is 11.6. The summed E-state index contributed by atoms with van der Waals surface area (Å²) in [6.07, 6.45) is 0. The molecule has 5 aromatic carbocycles. The number of hydrogen-bond acceptors (Lipinski definition) is 16. The van der Waals surface area contributed by atoms with Gasteiger partial charge in [0.15, 0.2) is 16.1 Å². The quantitative estimate of drug-likeness (QED) is 0.0609. The average Bonchev–Trinajstić information content (AvgIpc) is 3.08. The molecule has 1 amide bonds. The fraction of sp³-hybridized carbons (Fsp3) is 0. The molecular formula is C29H17Cl2KN5NaO17S5. The van der Waals surface area contributed by atoms with Gasteiger partial charge >= 0.3 is 0 Å². The Kier molecular flexibility index (Phi) is 14.8. The zero-order chi connectivity index (χ0) is 43.1. The van der Waals surface area contributed by atoms with Crippen LogP contribution >= 0.6 is 23.2 Å². The minimum atomic E-state index is -5.63. The normalized spacial score (nSPS) is 12.7. The largest absolute Gasteiger partial charge is 0.505 e. The minimum Gasteiger partial charge on any atom is -0.505 e. The molecule has 0 bridgehead atoms. The number of carbonyl (C=O) groups excluding carboxylic acids is 1. The standard InChI is InChI=1S/C29H17Cl2N5O17S5.K.Na/c30-27-28(31)33-20-7-11(1-4-17(20)32-27)29(38)34-18-5-3-14-16(25(18)57(48,49)50)10-22(56(45,46)47)23(24(14)37)36-35-19-6-2-13-15(26(19)58(51,52)53)8-12(54(39,40)41)9-21(13)55(42,43)44;;/h1-10,37H,(H,34,38)(H,39,40,41)(H,42,43,44)(H,45,46,47)(H,48,49,50)(H,51,52,53);;. The topological polar surface area (TPSA) is 372 Å². The van der Waals surface area contributed by atoms with Crippen molar-refractivity contribution in [3.8, 4) is 5.75 Å². The number of phenols is 1. The van der Waals surface area contributed by atoms with E-state index in [-0.39, 0.29) is 114 Å². The molecule has 0 atom stereocenters. The van der Waals surface area contributed by atoms with Gasteiger partial charge in [-0.3, -0.25) is 27.6 Å². The number of rotatable bonds is 9. The van der Waals surface area contributed by atoms with Gasteiger partial charge in [-0.05, 0) is 54.6 Å². The van der Waals surface area contributed by atoms with Crippen molar-refractivity contribution in [1.29, 1.82) is 0 Å². The van der Waals surface area contributed by atoms with E-state index in [0.29, 0.717) is 18.2 Å². The SMILES string of the molecule is O=C(Nc1ccc2c(O)c(N=Nc3ccc4c(S(=O)(=O)O)cc(S(=O)(=O)O)cc4c3S(=O)(=O)O)c(S(=O)(=O)O)cc2c1S(=O)(=O)O)c1ccc2nc(Cl)c(Cl)nc2c1.[K].[Na]. The van der Waals surface area contributed by atoms with Crippen molar-refractivity contribution < 1.29 is 74.8 Å². The van der Waals surface area contributed by atoms with Gasteiger partial charge in [-0.15, -0.1) is 10.2 Å². The van der Waals surface area contributed by atoms with E-state index < -0.39 is 125 Å². The van der Waals surface area contributed by atoms with Crippen molar-refractivity contribution in [2.45, 2.75) is 24.5 Å². The third-order valence-corrected chi connectivity index (χ3v) is 13.0. The molecule has 6 rings (SSSR count). The van der Waals surface area contributed by atoms with Gasteiger partial charge in [0, 0.05) is 108 Å². The maximum Gasteiger partial charge on any atom is 0.297 e. The molecule has 31 heteroatoms. The van der Waals surface area contributed by atoms with Gasteiger partial charge < -0.3 is 10.4 Å². The van der Waals surface area contributed by atoms with Crippen LogP contribution in [-0.2, 0) is 50.6 Å². The number of fused-ring (bicyclic) bond motifs is 3. The second kappa shape index (κ2) is 17.6. The van der Waals surface area contributed by atoms with Gasteiger partial charge in [0.1, 0.15) is 31.0 Å². The molecule has 0 saturated carbocycles. The summed E-state index contributed by atoms with van der Waals surface area (Å²) in [6, 6.07) is 7.82. The molecule has 0 spiro atoms. The number of phenolic OH excluding ortho intramolecular Hbond substituents is 1. The Bertz CT molecular complexity index is 3470. The van der Waals surface area contributed by atoms with Crippen molar-refractivity contribution in [2.75, 3.05) is 5.32 Å². The van der Waals surface area contributed by atoms with E-state index in [9.17, 15) is 74.8 Å². The van der Waals surface area contributed by atoms with Crippen LogP contribution in [0.1, 0.15) is 10.4 Å². The number of nitrogens with one attached hydrogen (secondary N) is 1. The maximum absolute atomic E-state index is 13.3. The molecule has 0 aliphatic heterocycles. The molecule has 7 N–H and O–H groups in total. The summed E-state index contributed by atoms with van der Waals surface area (Å²) in [5.74, 6) is -2.34. The van der Waals surface area contributed by atoms with Crippen LogP contribution in [0.15, 0.2) is 95.4 Å². The van der Waals surface area contributed by atoms with E-state index >= 15 is 0 Å². The van der Waals surface area contributed by atoms with E-state index in [1.165, 1.54) is 18.2 Å². The maximum atomic E-state index is 13.3. The number of halogens is 2. The molecule has 0 unspecified atom stereocenters. The fourth-order valence-corrected chi connectivity index (χ4v) is 9.48. The number of amides is 1. The van der Waals surface area contributed by atoms with Crippen LogP contribution in [0.2, 0.25) is 10.3 Å². The molecular weight excluding hydrogens is 984 g/mol. The number of azo groups is 1. The molecule has 0 aliphatic rings. The molecule has 0 saturated heterocycles. The molecule has 60 heavy (non-hydrogen) atoms. The summed E-state index contributed by atoms with van der Waals surface area (Å²) in [4.78, 5) is 14.6. The molecule has 2 radical (unpaired) electrons. The van der Waals surface area contributed by atoms with Crippen molar-refractivity contribution >= 4 is 210 Å². The first-order valence-electron chi connectivity index (χ1n) is 14.7. The van der Waals surface area contributed by atoms with Gasteiger partial charge in [-0.2, -0.15) is 42.1 Å². The Labute approximate surface area is 411 Å². The first-order valence-corrected chi connectivity index (χ1v) is 22.7. The van der Waals surface area contributed by atoms with Crippen LogP contribution in [0.4, 0.5) is 17.1 Å². The van der Waals surface area contributed by atoms with Crippen LogP contribution in [0, 0.1) is 0 Å². The second-order valence-corrected chi connectivity index (χ2v) is 19.2. The van der Waals surface area contributed by atoms with Crippen molar-refractivity contribution in [3.05, 3.63) is 76.5 Å². The van der Waals surface area contributed by atoms with E-state index in [0.717, 1.165) is 18.2 Å². The number of anilines is 1. The van der Waals surface area contributed by atoms with Crippen molar-refractivity contribution in [2.24, 2.45) is 10.2 Å². The van der Waals surface area contributed by atoms with E-state index in [1.807, 2.05) is 0 Å². The van der Waals surface area contributed by atoms with Gasteiger partial charge in [0.25, 0.3) is 56.5 Å². The third kappa shape index (κ3) is 10.2. The molecule has 1 heterocycles. The number of hydrogen-bond donors (Lipinski definition) is 7. The predicted molar refractivity (Wildman–Crippen MR) is 212 cm³/mol. The first kappa shape index (κ1) is 50.2. The number of aromatic hydroxyl groups is 1. The molecule has 0 aliphatic carbocycles. The van der Waals surface area contributed by atoms with E-state index in [4.69, 9.17) is 23.2 Å². The number of benzene rings is 5. The zero-order valence-electron chi connectivity index (χ0n) is 29.5. The van der Waals surface area contributed by atoms with E-state index in [1.54, 1.807) is 0 Å². The van der Waals surface area contributed by atoms with Gasteiger partial charge in [0.2, 0.25) is 0 Å². The van der Waals surface area contributed by atoms with E-state index in [2.05, 4.69) is 25.5 Å². The molecule has 1 aromatic heterocycles. The zero-order valence-corrected chi connectivity index (χ0v) is 40.3. The number of aromatic nitrogens is 2. The predicted octanol–water partition coefficient (Wildman–Crippen LogP) is 4.09. The summed E-state index contributed by atoms with van der Waals surface area (Å²) in [5.41, 5.74) is -2.85. The molecule has 6 aromatic rings. The van der Waals surface area contributed by atoms with Gasteiger partial charge in [-0.1, -0.05) is 29.3 Å². The van der Waals surface area contributed by atoms with Crippen LogP contribution in [-0.4, -0.2) is 167 Å². The van der Waals surface area contributed by atoms with Crippen molar-refractivity contribution in [1.82, 2.24) is 9.97 Å². The summed E-state index contributed by atoms with van der Waals surface area (Å²) in [5, 5.41) is 16.8. The Morgan fingerprint density at radius 1 is 0.583 bits per heavy atom. The van der Waals surface area contributed by atoms with Crippen LogP contribution < -0.4 is 5.32 Å². The Hall–Kier alpha value is -2.40.